The maximum absolute atomic E-state index is 14.9. The van der Waals surface area contributed by atoms with Crippen LogP contribution in [0.5, 0.6) is 0 Å². The first-order chi connectivity index (χ1) is 25.5. The van der Waals surface area contributed by atoms with Crippen molar-refractivity contribution in [3.8, 4) is 0 Å². The molecule has 5 aliphatic carbocycles. The first-order valence-electron chi connectivity index (χ1n) is 20.2. The molecule has 308 valence electrons. The van der Waals surface area contributed by atoms with Crippen molar-refractivity contribution in [2.75, 3.05) is 13.7 Å². The van der Waals surface area contributed by atoms with Gasteiger partial charge in [-0.1, -0.05) is 69.7 Å². The van der Waals surface area contributed by atoms with Crippen LogP contribution in [0.2, 0.25) is 0 Å². The molecule has 0 amide bonds. The first-order valence-corrected chi connectivity index (χ1v) is 21.5. The lowest BCUT2D eigenvalue weighted by atomic mass is 9.33. The largest absolute Gasteiger partial charge is 0.469 e. The molecular formula is C43H63IO11. The SMILES string of the molecule is COC(=O)[C@@]1(C)CC[C@]2(C)CC[C@]3(C)C(=CC(=O)[C@@H]4[C@@]5(C)CC[C@H](O[C@H]6O[C@H](COC(C)=O)[C@H](OC(C)=O)[C@H](OC(C)=O)[C@@H]6I)C(C)(C)C5CC[C@]43C)[C@@H]2C1. The number of hydrogen-bond acceptors (Lipinski definition) is 11. The minimum absolute atomic E-state index is 0.0441. The van der Waals surface area contributed by atoms with Crippen LogP contribution in [0.1, 0.15) is 127 Å². The zero-order valence-corrected chi connectivity index (χ0v) is 36.9. The standard InChI is InChI=1S/C43H63IO11/c1-23(45)51-22-29-33(52-24(2)46)34(53-25(3)47)32(44)36(54-29)55-31-13-14-41(8)30(38(31,4)5)12-15-43(10)35(41)28(48)20-26-27-21-40(7,37(49)50-11)17-16-39(27,6)18-19-42(26,43)9/h20,27,29-36H,12-19,21-22H2,1-11H3/t27-,29+,30?,31-,32-,33-,34+,35+,36+,39+,40-,41-,42+,43+/m0/s1. The number of halogens is 1. The third-order valence-electron chi connectivity index (χ3n) is 16.1. The summed E-state index contributed by atoms with van der Waals surface area (Å²) in [4.78, 5) is 64.3. The maximum Gasteiger partial charge on any atom is 0.311 e. The number of methoxy groups -OCH3 is 1. The molecule has 1 aliphatic heterocycles. The second-order valence-electron chi connectivity index (χ2n) is 19.7. The van der Waals surface area contributed by atoms with E-state index in [0.29, 0.717) is 12.8 Å². The van der Waals surface area contributed by atoms with Gasteiger partial charge < -0.3 is 28.4 Å². The van der Waals surface area contributed by atoms with E-state index >= 15 is 0 Å². The van der Waals surface area contributed by atoms with Gasteiger partial charge in [-0.25, -0.2) is 0 Å². The molecule has 0 aromatic heterocycles. The van der Waals surface area contributed by atoms with Crippen molar-refractivity contribution in [3.63, 3.8) is 0 Å². The van der Waals surface area contributed by atoms with Gasteiger partial charge in [-0.2, -0.15) is 0 Å². The highest BCUT2D eigenvalue weighted by Gasteiger charge is 2.70. The van der Waals surface area contributed by atoms with Gasteiger partial charge in [0.05, 0.1) is 18.6 Å². The number of hydrogen-bond donors (Lipinski definition) is 0. The van der Waals surface area contributed by atoms with Crippen molar-refractivity contribution in [1.29, 1.82) is 0 Å². The number of carbonyl (C=O) groups is 5. The lowest BCUT2D eigenvalue weighted by Crippen LogP contribution is -2.67. The van der Waals surface area contributed by atoms with E-state index in [1.54, 1.807) is 0 Å². The summed E-state index contributed by atoms with van der Waals surface area (Å²) in [6.07, 6.45) is 5.97. The van der Waals surface area contributed by atoms with Gasteiger partial charge in [-0.05, 0) is 110 Å². The van der Waals surface area contributed by atoms with Crippen molar-refractivity contribution in [2.45, 2.75) is 162 Å². The van der Waals surface area contributed by atoms with Gasteiger partial charge in [0, 0.05) is 26.7 Å². The van der Waals surface area contributed by atoms with Gasteiger partial charge in [0.2, 0.25) is 0 Å². The molecule has 14 atom stereocenters. The van der Waals surface area contributed by atoms with Crippen LogP contribution in [0.15, 0.2) is 11.6 Å². The van der Waals surface area contributed by atoms with Gasteiger partial charge >= 0.3 is 23.9 Å². The third kappa shape index (κ3) is 6.91. The van der Waals surface area contributed by atoms with Gasteiger partial charge in [-0.3, -0.25) is 24.0 Å². The quantitative estimate of drug-likeness (QED) is 0.0827. The lowest BCUT2D eigenvalue weighted by molar-refractivity contribution is -0.294. The van der Waals surface area contributed by atoms with E-state index < -0.39 is 51.8 Å². The number of rotatable bonds is 7. The van der Waals surface area contributed by atoms with Crippen molar-refractivity contribution in [3.05, 3.63) is 11.6 Å². The Kier molecular flexibility index (Phi) is 11.3. The van der Waals surface area contributed by atoms with Gasteiger partial charge in [0.25, 0.3) is 0 Å². The van der Waals surface area contributed by atoms with Crippen LogP contribution in [-0.4, -0.2) is 78.0 Å². The van der Waals surface area contributed by atoms with Crippen LogP contribution in [0.3, 0.4) is 0 Å². The first kappa shape index (κ1) is 42.5. The maximum atomic E-state index is 14.9. The van der Waals surface area contributed by atoms with Crippen molar-refractivity contribution in [2.24, 2.45) is 50.2 Å². The Labute approximate surface area is 340 Å². The molecule has 11 nitrogen and oxygen atoms in total. The van der Waals surface area contributed by atoms with Crippen molar-refractivity contribution in [1.82, 2.24) is 0 Å². The molecule has 1 heterocycles. The smallest absolute Gasteiger partial charge is 0.311 e. The third-order valence-corrected chi connectivity index (χ3v) is 17.4. The number of ether oxygens (including phenoxy) is 6. The Bertz CT molecular complexity index is 1620. The Morgan fingerprint density at radius 1 is 0.836 bits per heavy atom. The summed E-state index contributed by atoms with van der Waals surface area (Å²) in [6.45, 7) is 19.7. The molecule has 1 unspecified atom stereocenters. The summed E-state index contributed by atoms with van der Waals surface area (Å²) in [5.74, 6) is -1.42. The predicted octanol–water partition coefficient (Wildman–Crippen LogP) is 7.48. The molecule has 0 spiro atoms. The second-order valence-corrected chi connectivity index (χ2v) is 21.1. The molecular weight excluding hydrogens is 819 g/mol. The highest BCUT2D eigenvalue weighted by Crippen LogP contribution is 2.75. The van der Waals surface area contributed by atoms with E-state index in [0.717, 1.165) is 44.9 Å². The number of ketones is 1. The number of fused-ring (bicyclic) bond motifs is 7. The molecule has 6 aliphatic rings. The number of carbonyl (C=O) groups excluding carboxylic acids is 5. The Morgan fingerprint density at radius 3 is 2.09 bits per heavy atom. The average molecular weight is 883 g/mol. The van der Waals surface area contributed by atoms with E-state index in [9.17, 15) is 24.0 Å². The van der Waals surface area contributed by atoms with Gasteiger partial charge in [0.15, 0.2) is 24.3 Å². The molecule has 4 saturated carbocycles. The van der Waals surface area contributed by atoms with Crippen LogP contribution < -0.4 is 0 Å². The molecule has 0 bridgehead atoms. The molecule has 0 radical (unpaired) electrons. The Morgan fingerprint density at radius 2 is 1.47 bits per heavy atom. The number of alkyl halides is 1. The van der Waals surface area contributed by atoms with E-state index in [1.807, 2.05) is 13.0 Å². The van der Waals surface area contributed by atoms with Crippen LogP contribution in [0, 0.1) is 50.2 Å². The van der Waals surface area contributed by atoms with Crippen molar-refractivity contribution < 1.29 is 52.4 Å². The summed E-state index contributed by atoms with van der Waals surface area (Å²) in [6, 6.07) is 0. The number of esters is 4. The molecule has 55 heavy (non-hydrogen) atoms. The fraction of sp³-hybridized carbons (Fsp3) is 0.837. The molecule has 0 aromatic carbocycles. The number of allylic oxidation sites excluding steroid dienone is 2. The molecule has 5 fully saturated rings. The van der Waals surface area contributed by atoms with E-state index in [-0.39, 0.29) is 69.3 Å². The van der Waals surface area contributed by atoms with Crippen LogP contribution in [0.25, 0.3) is 0 Å². The molecule has 0 N–H and O–H groups in total. The van der Waals surface area contributed by atoms with Crippen molar-refractivity contribution >= 4 is 52.3 Å². The van der Waals surface area contributed by atoms with E-state index in [4.69, 9.17) is 28.4 Å². The van der Waals surface area contributed by atoms with Gasteiger partial charge in [-0.15, -0.1) is 0 Å². The molecule has 1 saturated heterocycles. The van der Waals surface area contributed by atoms with Gasteiger partial charge in [0.1, 0.15) is 16.6 Å². The summed E-state index contributed by atoms with van der Waals surface area (Å²) in [5.41, 5.74) is -0.352. The van der Waals surface area contributed by atoms with Crippen LogP contribution >= 0.6 is 22.6 Å². The summed E-state index contributed by atoms with van der Waals surface area (Å²) < 4.78 is 34.8. The second kappa shape index (κ2) is 14.6. The van der Waals surface area contributed by atoms with Crippen LogP contribution in [-0.2, 0) is 52.4 Å². The topological polar surface area (TPSA) is 141 Å². The zero-order valence-electron chi connectivity index (χ0n) is 34.7. The highest BCUT2D eigenvalue weighted by atomic mass is 127. The summed E-state index contributed by atoms with van der Waals surface area (Å²) >= 11 is 2.14. The monoisotopic (exact) mass is 882 g/mol. The van der Waals surface area contributed by atoms with E-state index in [2.05, 4.69) is 64.1 Å². The Hall–Kier alpha value is -2.06. The fourth-order valence-corrected chi connectivity index (χ4v) is 13.9. The van der Waals surface area contributed by atoms with Crippen LogP contribution in [0.4, 0.5) is 0 Å². The normalized spacial score (nSPS) is 46.0. The Balaban J connectivity index is 1.29. The summed E-state index contributed by atoms with van der Waals surface area (Å²) in [5, 5.41) is 0. The average Bonchev–Trinajstić information content (AvgIpc) is 3.08. The molecule has 0 aromatic rings. The molecule has 12 heteroatoms. The minimum atomic E-state index is -1.00. The molecule has 6 rings (SSSR count). The van der Waals surface area contributed by atoms with E-state index in [1.165, 1.54) is 33.5 Å². The fourth-order valence-electron chi connectivity index (χ4n) is 13.0. The summed E-state index contributed by atoms with van der Waals surface area (Å²) in [7, 11) is 1.48. The lowest BCUT2D eigenvalue weighted by Gasteiger charge is -2.70. The zero-order chi connectivity index (χ0) is 40.7. The predicted molar refractivity (Wildman–Crippen MR) is 211 cm³/mol. The minimum Gasteiger partial charge on any atom is -0.469 e. The highest BCUT2D eigenvalue weighted by molar-refractivity contribution is 14.1.